The lowest BCUT2D eigenvalue weighted by Crippen LogP contribution is -2.71. The van der Waals surface area contributed by atoms with Gasteiger partial charge in [-0.15, -0.1) is 20.0 Å². The van der Waals surface area contributed by atoms with Crippen molar-refractivity contribution in [1.29, 1.82) is 0 Å². The Balaban J connectivity index is 3.09. The van der Waals surface area contributed by atoms with E-state index in [0.717, 1.165) is 10.3 Å². The highest BCUT2D eigenvalue weighted by atomic mass is 16.4. The smallest absolute Gasteiger partial charge is 0.0932 e. The van der Waals surface area contributed by atoms with Crippen molar-refractivity contribution in [2.45, 2.75) is 32.4 Å². The van der Waals surface area contributed by atoms with Gasteiger partial charge in [0.25, 0.3) is 0 Å². The minimum atomic E-state index is -0.330. The van der Waals surface area contributed by atoms with E-state index in [9.17, 15) is 9.81 Å². The quantitative estimate of drug-likeness (QED) is 0.634. The number of hydrazine groups is 3. The molecular formula is C7H16N6O2. The third-order valence-corrected chi connectivity index (χ3v) is 3.24. The minimum Gasteiger partial charge on any atom is -0.216 e. The number of likely N-dealkylation sites (N-methyl/N-ethyl adjacent to an activating group) is 1. The van der Waals surface area contributed by atoms with Crippen molar-refractivity contribution in [3.8, 4) is 0 Å². The highest BCUT2D eigenvalue weighted by Gasteiger charge is 2.47. The van der Waals surface area contributed by atoms with E-state index in [1.54, 1.807) is 7.05 Å². The van der Waals surface area contributed by atoms with Gasteiger partial charge in [0.2, 0.25) is 0 Å². The van der Waals surface area contributed by atoms with Gasteiger partial charge in [-0.1, -0.05) is 5.23 Å². The van der Waals surface area contributed by atoms with Crippen molar-refractivity contribution in [2.75, 3.05) is 14.1 Å². The summed E-state index contributed by atoms with van der Waals surface area (Å²) < 4.78 is 0. The molecule has 0 saturated carbocycles. The molecule has 1 fully saturated rings. The first-order chi connectivity index (χ1) is 6.87. The Bertz CT molecular complexity index is 270. The van der Waals surface area contributed by atoms with Gasteiger partial charge in [-0.25, -0.2) is 5.01 Å². The van der Waals surface area contributed by atoms with Gasteiger partial charge >= 0.3 is 0 Å². The third kappa shape index (κ3) is 1.55. The molecule has 8 heteroatoms. The largest absolute Gasteiger partial charge is 0.216 e. The molecule has 0 radical (unpaired) electrons. The summed E-state index contributed by atoms with van der Waals surface area (Å²) in [5.74, 6) is 0. The van der Waals surface area contributed by atoms with E-state index in [1.807, 2.05) is 32.8 Å². The summed E-state index contributed by atoms with van der Waals surface area (Å²) >= 11 is 0. The molecule has 0 aromatic carbocycles. The molecular weight excluding hydrogens is 200 g/mol. The second-order valence-corrected chi connectivity index (χ2v) is 4.09. The van der Waals surface area contributed by atoms with E-state index in [-0.39, 0.29) is 11.6 Å². The molecule has 86 valence electrons. The number of hydrogen-bond donors (Lipinski definition) is 0. The topological polar surface area (TPSA) is 71.8 Å². The maximum absolute atomic E-state index is 10.7. The van der Waals surface area contributed by atoms with Crippen LogP contribution in [0.1, 0.15) is 20.8 Å². The van der Waals surface area contributed by atoms with E-state index in [2.05, 4.69) is 10.6 Å². The van der Waals surface area contributed by atoms with Gasteiger partial charge in [-0.2, -0.15) is 0 Å². The van der Waals surface area contributed by atoms with Crippen LogP contribution in [-0.4, -0.2) is 46.1 Å². The highest BCUT2D eigenvalue weighted by molar-refractivity contribution is 4.90. The van der Waals surface area contributed by atoms with Crippen LogP contribution in [0.3, 0.4) is 0 Å². The summed E-state index contributed by atoms with van der Waals surface area (Å²) in [4.78, 5) is 21.3. The van der Waals surface area contributed by atoms with Gasteiger partial charge in [0, 0.05) is 14.1 Å². The third-order valence-electron chi connectivity index (χ3n) is 3.24. The highest BCUT2D eigenvalue weighted by Crippen LogP contribution is 2.30. The van der Waals surface area contributed by atoms with E-state index in [0.29, 0.717) is 0 Å². The van der Waals surface area contributed by atoms with Crippen LogP contribution in [0.5, 0.6) is 0 Å². The van der Waals surface area contributed by atoms with Gasteiger partial charge in [0.05, 0.1) is 22.2 Å². The molecule has 0 spiro atoms. The zero-order valence-corrected chi connectivity index (χ0v) is 9.58. The average Bonchev–Trinajstić information content (AvgIpc) is 2.21. The summed E-state index contributed by atoms with van der Waals surface area (Å²) in [6, 6.07) is -0.256. The molecule has 1 saturated heterocycles. The van der Waals surface area contributed by atoms with Crippen LogP contribution >= 0.6 is 0 Å². The number of hydrogen-bond acceptors (Lipinski definition) is 6. The molecule has 1 unspecified atom stereocenters. The van der Waals surface area contributed by atoms with Crippen LogP contribution in [0.15, 0.2) is 10.6 Å². The van der Waals surface area contributed by atoms with Gasteiger partial charge < -0.3 is 0 Å². The van der Waals surface area contributed by atoms with Crippen LogP contribution in [-0.2, 0) is 0 Å². The second-order valence-electron chi connectivity index (χ2n) is 4.09. The Hall–Kier alpha value is -1.28. The standard InChI is InChI=1S/C7H16N6O2/c1-6-7(2,3)10(4)11(5)13(9-15)12(6)8-14/h6H,1-5H3. The lowest BCUT2D eigenvalue weighted by molar-refractivity contribution is -0.349. The first-order valence-electron chi connectivity index (χ1n) is 4.61. The Labute approximate surface area is 88.2 Å². The van der Waals surface area contributed by atoms with Gasteiger partial charge in [-0.3, -0.25) is 0 Å². The molecule has 1 heterocycles. The molecule has 15 heavy (non-hydrogen) atoms. The fraction of sp³-hybridized carbons (Fsp3) is 1.00. The van der Waals surface area contributed by atoms with Crippen molar-refractivity contribution in [1.82, 2.24) is 20.5 Å². The van der Waals surface area contributed by atoms with Crippen LogP contribution in [0, 0.1) is 9.81 Å². The maximum Gasteiger partial charge on any atom is 0.0932 e. The first-order valence-corrected chi connectivity index (χ1v) is 4.61. The molecule has 1 aliphatic heterocycles. The van der Waals surface area contributed by atoms with Crippen LogP contribution in [0.25, 0.3) is 0 Å². The Morgan fingerprint density at radius 3 is 2.07 bits per heavy atom. The molecule has 1 aliphatic rings. The molecule has 1 atom stereocenters. The van der Waals surface area contributed by atoms with E-state index in [1.165, 1.54) is 5.12 Å². The fourth-order valence-electron chi connectivity index (χ4n) is 1.53. The summed E-state index contributed by atoms with van der Waals surface area (Å²) in [7, 11) is 3.45. The van der Waals surface area contributed by atoms with Crippen LogP contribution in [0.4, 0.5) is 0 Å². The molecule has 0 aromatic rings. The van der Waals surface area contributed by atoms with Gasteiger partial charge in [0.15, 0.2) is 0 Å². The normalized spacial score (nSPS) is 27.9. The van der Waals surface area contributed by atoms with Crippen LogP contribution < -0.4 is 0 Å². The van der Waals surface area contributed by atoms with Crippen molar-refractivity contribution in [2.24, 2.45) is 10.6 Å². The Kier molecular flexibility index (Phi) is 2.91. The summed E-state index contributed by atoms with van der Waals surface area (Å²) in [6.07, 6.45) is 0. The van der Waals surface area contributed by atoms with Gasteiger partial charge in [0.1, 0.15) is 0 Å². The molecule has 0 bridgehead atoms. The summed E-state index contributed by atoms with van der Waals surface area (Å²) in [5, 5.41) is 10.7. The molecule has 0 N–H and O–H groups in total. The molecule has 1 rings (SSSR count). The lowest BCUT2D eigenvalue weighted by atomic mass is 9.95. The number of nitroso groups, excluding NO2 is 2. The average molecular weight is 216 g/mol. The fourth-order valence-corrected chi connectivity index (χ4v) is 1.53. The SMILES string of the molecule is CC1N(N=O)N(N=O)N(C)N(C)C1(C)C. The van der Waals surface area contributed by atoms with Crippen LogP contribution in [0.2, 0.25) is 0 Å². The van der Waals surface area contributed by atoms with E-state index < -0.39 is 0 Å². The lowest BCUT2D eigenvalue weighted by Gasteiger charge is -2.54. The monoisotopic (exact) mass is 216 g/mol. The Morgan fingerprint density at radius 2 is 1.67 bits per heavy atom. The molecule has 8 nitrogen and oxygen atoms in total. The van der Waals surface area contributed by atoms with Crippen molar-refractivity contribution < 1.29 is 0 Å². The zero-order valence-electron chi connectivity index (χ0n) is 9.58. The maximum atomic E-state index is 10.7. The predicted octanol–water partition coefficient (Wildman–Crippen LogP) is 0.742. The van der Waals surface area contributed by atoms with E-state index in [4.69, 9.17) is 0 Å². The Morgan fingerprint density at radius 1 is 1.13 bits per heavy atom. The molecule has 0 aromatic heterocycles. The number of rotatable bonds is 2. The minimum absolute atomic E-state index is 0.256. The van der Waals surface area contributed by atoms with Crippen molar-refractivity contribution >= 4 is 0 Å². The molecule has 0 amide bonds. The van der Waals surface area contributed by atoms with E-state index >= 15 is 0 Å². The summed E-state index contributed by atoms with van der Waals surface area (Å²) in [5.41, 5.74) is -0.330. The zero-order chi connectivity index (χ0) is 11.8. The van der Waals surface area contributed by atoms with Gasteiger partial charge in [-0.05, 0) is 20.8 Å². The van der Waals surface area contributed by atoms with Crippen molar-refractivity contribution in [3.05, 3.63) is 9.81 Å². The first kappa shape index (κ1) is 11.8. The number of nitrogens with zero attached hydrogens (tertiary/aromatic N) is 6. The predicted molar refractivity (Wildman–Crippen MR) is 54.3 cm³/mol. The second kappa shape index (κ2) is 3.70. The molecule has 0 aliphatic carbocycles. The van der Waals surface area contributed by atoms with Crippen molar-refractivity contribution in [3.63, 3.8) is 0 Å². The summed E-state index contributed by atoms with van der Waals surface area (Å²) in [6.45, 7) is 5.71.